The predicted octanol–water partition coefficient (Wildman–Crippen LogP) is 4.21. The molecule has 0 aliphatic heterocycles. The average Bonchev–Trinajstić information content (AvgIpc) is 2.57. The van der Waals surface area contributed by atoms with Crippen molar-refractivity contribution in [2.45, 2.75) is 19.9 Å². The fraction of sp³-hybridized carbons (Fsp3) is 0.278. The Labute approximate surface area is 172 Å². The number of amides is 1. The summed E-state index contributed by atoms with van der Waals surface area (Å²) in [5.74, 6) is -0.0506. The third-order valence-corrected chi connectivity index (χ3v) is 6.33. The van der Waals surface area contributed by atoms with E-state index in [1.807, 2.05) is 13.0 Å². The van der Waals surface area contributed by atoms with E-state index in [9.17, 15) is 13.2 Å². The molecular weight excluding hydrogens is 456 g/mol. The number of ether oxygens (including phenoxy) is 1. The zero-order valence-electron chi connectivity index (χ0n) is 15.3. The van der Waals surface area contributed by atoms with Crippen LogP contribution in [0.4, 0.5) is 11.4 Å². The molecule has 2 aromatic rings. The molecule has 0 unspecified atom stereocenters. The number of hydrogen-bond donors (Lipinski definition) is 1. The summed E-state index contributed by atoms with van der Waals surface area (Å²) in [7, 11) is -2.28. The van der Waals surface area contributed by atoms with Crippen LogP contribution in [0, 0.1) is 6.92 Å². The Bertz CT molecular complexity index is 966. The van der Waals surface area contributed by atoms with Gasteiger partial charge >= 0.3 is 0 Å². The number of carbonyl (C=O) groups is 1. The molecule has 0 aliphatic rings. The number of halogens is 2. The molecule has 0 saturated heterocycles. The topological polar surface area (TPSA) is 75.7 Å². The summed E-state index contributed by atoms with van der Waals surface area (Å²) in [6.45, 7) is 3.41. The third kappa shape index (κ3) is 5.15. The number of rotatable bonds is 6. The summed E-state index contributed by atoms with van der Waals surface area (Å²) in [6.07, 6.45) is 1.04. The van der Waals surface area contributed by atoms with Crippen molar-refractivity contribution in [1.82, 2.24) is 0 Å². The van der Waals surface area contributed by atoms with Crippen molar-refractivity contribution in [3.8, 4) is 5.75 Å². The van der Waals surface area contributed by atoms with Gasteiger partial charge in [-0.05, 0) is 55.8 Å². The first kappa shape index (κ1) is 21.5. The van der Waals surface area contributed by atoms with Crippen molar-refractivity contribution in [3.63, 3.8) is 0 Å². The Morgan fingerprint density at radius 3 is 2.44 bits per heavy atom. The Morgan fingerprint density at radius 1 is 1.26 bits per heavy atom. The lowest BCUT2D eigenvalue weighted by atomic mass is 10.2. The maximum Gasteiger partial charge on any atom is 0.247 e. The van der Waals surface area contributed by atoms with E-state index in [0.29, 0.717) is 11.4 Å². The maximum atomic E-state index is 12.7. The lowest BCUT2D eigenvalue weighted by Crippen LogP contribution is -2.45. The van der Waals surface area contributed by atoms with Crippen LogP contribution in [-0.2, 0) is 14.8 Å². The monoisotopic (exact) mass is 474 g/mol. The highest BCUT2D eigenvalue weighted by Crippen LogP contribution is 2.31. The van der Waals surface area contributed by atoms with E-state index in [2.05, 4.69) is 21.2 Å². The molecule has 0 saturated carbocycles. The first-order valence-electron chi connectivity index (χ1n) is 7.94. The molecule has 0 aliphatic carbocycles. The van der Waals surface area contributed by atoms with Gasteiger partial charge in [-0.25, -0.2) is 8.42 Å². The summed E-state index contributed by atoms with van der Waals surface area (Å²) >= 11 is 9.52. The smallest absolute Gasteiger partial charge is 0.247 e. The molecule has 0 radical (unpaired) electrons. The van der Waals surface area contributed by atoms with E-state index < -0.39 is 22.0 Å². The number of hydrogen-bond acceptors (Lipinski definition) is 4. The summed E-state index contributed by atoms with van der Waals surface area (Å²) in [6, 6.07) is 8.90. The Morgan fingerprint density at radius 2 is 1.93 bits per heavy atom. The van der Waals surface area contributed by atoms with Crippen molar-refractivity contribution in [2.24, 2.45) is 0 Å². The average molecular weight is 476 g/mol. The van der Waals surface area contributed by atoms with Gasteiger partial charge < -0.3 is 10.1 Å². The third-order valence-electron chi connectivity index (χ3n) is 3.90. The van der Waals surface area contributed by atoms with E-state index in [4.69, 9.17) is 16.3 Å². The molecule has 1 N–H and O–H groups in total. The van der Waals surface area contributed by atoms with Crippen LogP contribution in [0.1, 0.15) is 12.5 Å². The maximum absolute atomic E-state index is 12.7. The highest BCUT2D eigenvalue weighted by atomic mass is 79.9. The van der Waals surface area contributed by atoms with Gasteiger partial charge in [0, 0.05) is 10.2 Å². The Balaban J connectivity index is 2.34. The van der Waals surface area contributed by atoms with Gasteiger partial charge in [-0.2, -0.15) is 0 Å². The molecule has 1 amide bonds. The molecule has 0 spiro atoms. The molecule has 2 rings (SSSR count). The molecule has 1 atom stereocenters. The van der Waals surface area contributed by atoms with Gasteiger partial charge in [0.1, 0.15) is 11.8 Å². The molecule has 0 bridgehead atoms. The molecule has 27 heavy (non-hydrogen) atoms. The highest BCUT2D eigenvalue weighted by molar-refractivity contribution is 9.10. The molecule has 0 heterocycles. The fourth-order valence-corrected chi connectivity index (χ4v) is 4.24. The van der Waals surface area contributed by atoms with E-state index >= 15 is 0 Å². The number of benzene rings is 2. The molecular formula is C18H20BrClN2O4S. The van der Waals surface area contributed by atoms with E-state index in [0.717, 1.165) is 20.6 Å². The second kappa shape index (κ2) is 8.50. The van der Waals surface area contributed by atoms with Crippen LogP contribution >= 0.6 is 27.5 Å². The van der Waals surface area contributed by atoms with E-state index in [1.165, 1.54) is 20.1 Å². The van der Waals surface area contributed by atoms with Gasteiger partial charge in [-0.15, -0.1) is 0 Å². The van der Waals surface area contributed by atoms with Gasteiger partial charge in [-0.3, -0.25) is 9.10 Å². The number of anilines is 2. The van der Waals surface area contributed by atoms with Crippen LogP contribution in [-0.4, -0.2) is 33.7 Å². The molecule has 9 heteroatoms. The zero-order chi connectivity index (χ0) is 20.4. The zero-order valence-corrected chi connectivity index (χ0v) is 18.4. The summed E-state index contributed by atoms with van der Waals surface area (Å²) < 4.78 is 31.8. The first-order chi connectivity index (χ1) is 12.5. The SMILES string of the molecule is COc1ccc(N([C@H](C)C(=O)Nc2ccc(Br)c(C)c2)S(C)(=O)=O)cc1Cl. The number of nitrogens with one attached hydrogen (secondary N) is 1. The molecule has 2 aromatic carbocycles. The minimum Gasteiger partial charge on any atom is -0.495 e. The summed E-state index contributed by atoms with van der Waals surface area (Å²) in [5, 5.41) is 3.00. The molecule has 0 fully saturated rings. The van der Waals surface area contributed by atoms with Crippen LogP contribution < -0.4 is 14.4 Å². The molecule has 0 aromatic heterocycles. The second-order valence-electron chi connectivity index (χ2n) is 6.01. The number of carbonyl (C=O) groups excluding carboxylic acids is 1. The van der Waals surface area contributed by atoms with Crippen molar-refractivity contribution < 1.29 is 17.9 Å². The van der Waals surface area contributed by atoms with Crippen LogP contribution in [0.15, 0.2) is 40.9 Å². The number of sulfonamides is 1. The van der Waals surface area contributed by atoms with Crippen molar-refractivity contribution in [1.29, 1.82) is 0 Å². The lowest BCUT2D eigenvalue weighted by molar-refractivity contribution is -0.116. The van der Waals surface area contributed by atoms with Crippen LogP contribution in [0.25, 0.3) is 0 Å². The van der Waals surface area contributed by atoms with Crippen molar-refractivity contribution >= 4 is 54.8 Å². The van der Waals surface area contributed by atoms with Gasteiger partial charge in [0.15, 0.2) is 0 Å². The molecule has 146 valence electrons. The predicted molar refractivity (Wildman–Crippen MR) is 112 cm³/mol. The van der Waals surface area contributed by atoms with E-state index in [1.54, 1.807) is 24.3 Å². The normalized spacial score (nSPS) is 12.4. The summed E-state index contributed by atoms with van der Waals surface area (Å²) in [5.41, 5.74) is 1.80. The fourth-order valence-electron chi connectivity index (χ4n) is 2.57. The minimum atomic E-state index is -3.74. The van der Waals surface area contributed by atoms with Gasteiger partial charge in [0.05, 0.1) is 24.1 Å². The molecule has 6 nitrogen and oxygen atoms in total. The van der Waals surface area contributed by atoms with Crippen molar-refractivity contribution in [3.05, 3.63) is 51.5 Å². The lowest BCUT2D eigenvalue weighted by Gasteiger charge is -2.28. The highest BCUT2D eigenvalue weighted by Gasteiger charge is 2.29. The first-order valence-corrected chi connectivity index (χ1v) is 11.0. The van der Waals surface area contributed by atoms with Gasteiger partial charge in [0.25, 0.3) is 0 Å². The largest absolute Gasteiger partial charge is 0.495 e. The standard InChI is InChI=1S/C18H20BrClN2O4S/c1-11-9-13(5-7-15(11)19)21-18(23)12(2)22(27(4,24)25)14-6-8-17(26-3)16(20)10-14/h5-10,12H,1-4H3,(H,21,23)/t12-/m1/s1. The van der Waals surface area contributed by atoms with Gasteiger partial charge in [0.2, 0.25) is 15.9 Å². The second-order valence-corrected chi connectivity index (χ2v) is 9.13. The number of methoxy groups -OCH3 is 1. The van der Waals surface area contributed by atoms with Crippen molar-refractivity contribution in [2.75, 3.05) is 23.0 Å². The van der Waals surface area contributed by atoms with Crippen LogP contribution in [0.3, 0.4) is 0 Å². The Kier molecular flexibility index (Phi) is 6.77. The quantitative estimate of drug-likeness (QED) is 0.679. The number of nitrogens with zero attached hydrogens (tertiary/aromatic N) is 1. The van der Waals surface area contributed by atoms with Gasteiger partial charge in [-0.1, -0.05) is 27.5 Å². The minimum absolute atomic E-state index is 0.250. The summed E-state index contributed by atoms with van der Waals surface area (Å²) in [4.78, 5) is 12.7. The van der Waals surface area contributed by atoms with Crippen LogP contribution in [0.2, 0.25) is 5.02 Å². The van der Waals surface area contributed by atoms with E-state index in [-0.39, 0.29) is 10.7 Å². The Hall–Kier alpha value is -1.77. The number of aryl methyl sites for hydroxylation is 1. The van der Waals surface area contributed by atoms with Crippen LogP contribution in [0.5, 0.6) is 5.75 Å².